The van der Waals surface area contributed by atoms with E-state index in [2.05, 4.69) is 0 Å². The minimum Gasteiger partial charge on any atom is -0.453 e. The molecule has 6 heteroatoms. The molecular formula is C23H18O5S. The molecule has 0 unspecified atom stereocenters. The third kappa shape index (κ3) is 3.85. The van der Waals surface area contributed by atoms with Gasteiger partial charge < -0.3 is 9.52 Å². The highest BCUT2D eigenvalue weighted by atomic mass is 32.2. The van der Waals surface area contributed by atoms with E-state index in [1.54, 1.807) is 6.07 Å². The molecule has 1 aromatic heterocycles. The molecule has 4 aromatic rings. The van der Waals surface area contributed by atoms with E-state index < -0.39 is 9.84 Å². The summed E-state index contributed by atoms with van der Waals surface area (Å²) in [6.45, 7) is -0.00230. The summed E-state index contributed by atoms with van der Waals surface area (Å²) in [6.07, 6.45) is 1.12. The summed E-state index contributed by atoms with van der Waals surface area (Å²) < 4.78 is 28.8. The van der Waals surface area contributed by atoms with Gasteiger partial charge in [-0.25, -0.2) is 8.42 Å². The molecular weight excluding hydrogens is 388 g/mol. The van der Waals surface area contributed by atoms with Crippen LogP contribution in [0.15, 0.2) is 82.1 Å². The second kappa shape index (κ2) is 7.31. The number of rotatable bonds is 5. The number of sulfone groups is 1. The average molecular weight is 406 g/mol. The highest BCUT2D eigenvalue weighted by Gasteiger charge is 2.16. The number of furan rings is 1. The van der Waals surface area contributed by atoms with Crippen LogP contribution in [0.3, 0.4) is 0 Å². The maximum absolute atomic E-state index is 12.7. The van der Waals surface area contributed by atoms with Crippen molar-refractivity contribution in [3.05, 3.63) is 89.7 Å². The maximum Gasteiger partial charge on any atom is 0.228 e. The molecule has 0 amide bonds. The van der Waals surface area contributed by atoms with Crippen molar-refractivity contribution in [2.75, 3.05) is 6.26 Å². The second-order valence-corrected chi connectivity index (χ2v) is 8.86. The van der Waals surface area contributed by atoms with Crippen molar-refractivity contribution < 1.29 is 22.7 Å². The third-order valence-electron chi connectivity index (χ3n) is 4.75. The van der Waals surface area contributed by atoms with Gasteiger partial charge in [-0.2, -0.15) is 0 Å². The zero-order valence-electron chi connectivity index (χ0n) is 15.6. The maximum atomic E-state index is 12.7. The van der Waals surface area contributed by atoms with Crippen LogP contribution >= 0.6 is 0 Å². The van der Waals surface area contributed by atoms with Crippen molar-refractivity contribution in [3.8, 4) is 11.1 Å². The first kappa shape index (κ1) is 19.1. The van der Waals surface area contributed by atoms with Crippen molar-refractivity contribution in [1.82, 2.24) is 0 Å². The van der Waals surface area contributed by atoms with Gasteiger partial charge in [0.05, 0.1) is 11.5 Å². The van der Waals surface area contributed by atoms with Crippen LogP contribution in [0.2, 0.25) is 0 Å². The van der Waals surface area contributed by atoms with Gasteiger partial charge in [0, 0.05) is 17.2 Å². The number of ketones is 1. The Hall–Kier alpha value is -3.22. The van der Waals surface area contributed by atoms with E-state index in [0.29, 0.717) is 11.1 Å². The van der Waals surface area contributed by atoms with Crippen molar-refractivity contribution in [3.63, 3.8) is 0 Å². The van der Waals surface area contributed by atoms with Crippen LogP contribution < -0.4 is 0 Å². The van der Waals surface area contributed by atoms with Crippen LogP contribution in [0.5, 0.6) is 0 Å². The van der Waals surface area contributed by atoms with Gasteiger partial charge in [0.2, 0.25) is 5.78 Å². The second-order valence-electron chi connectivity index (χ2n) is 6.84. The minimum atomic E-state index is -3.31. The molecule has 3 aromatic carbocycles. The van der Waals surface area contributed by atoms with Gasteiger partial charge in [-0.15, -0.1) is 0 Å². The SMILES string of the molecule is CS(=O)(=O)c1ccc(C(=O)c2cc3cc(-c4ccc(CO)cc4)ccc3o2)cc1. The number of aliphatic hydroxyl groups excluding tert-OH is 1. The fourth-order valence-corrected chi connectivity index (χ4v) is 3.76. The number of hydrogen-bond donors (Lipinski definition) is 1. The monoisotopic (exact) mass is 406 g/mol. The van der Waals surface area contributed by atoms with Crippen LogP contribution in [0, 0.1) is 0 Å². The molecule has 0 saturated carbocycles. The lowest BCUT2D eigenvalue weighted by Gasteiger charge is -2.03. The Morgan fingerprint density at radius 1 is 0.897 bits per heavy atom. The summed E-state index contributed by atoms with van der Waals surface area (Å²) in [5.41, 5.74) is 3.76. The molecule has 0 fully saturated rings. The van der Waals surface area contributed by atoms with Gasteiger partial charge in [-0.3, -0.25) is 4.79 Å². The number of carbonyl (C=O) groups is 1. The van der Waals surface area contributed by atoms with E-state index >= 15 is 0 Å². The lowest BCUT2D eigenvalue weighted by Crippen LogP contribution is -2.01. The first-order chi connectivity index (χ1) is 13.8. The molecule has 29 heavy (non-hydrogen) atoms. The minimum absolute atomic E-state index is 0.00230. The first-order valence-electron chi connectivity index (χ1n) is 8.94. The molecule has 0 saturated heterocycles. The Balaban J connectivity index is 1.65. The third-order valence-corrected chi connectivity index (χ3v) is 5.88. The van der Waals surface area contributed by atoms with Crippen molar-refractivity contribution in [2.45, 2.75) is 11.5 Å². The average Bonchev–Trinajstić information content (AvgIpc) is 3.16. The van der Waals surface area contributed by atoms with E-state index in [1.165, 1.54) is 24.3 Å². The number of aliphatic hydroxyl groups is 1. The Morgan fingerprint density at radius 2 is 1.55 bits per heavy atom. The first-order valence-corrected chi connectivity index (χ1v) is 10.8. The molecule has 1 N–H and O–H groups in total. The summed E-state index contributed by atoms with van der Waals surface area (Å²) >= 11 is 0. The molecule has 4 rings (SSSR count). The molecule has 0 bridgehead atoms. The largest absolute Gasteiger partial charge is 0.453 e. The van der Waals surface area contributed by atoms with Crippen LogP contribution in [0.25, 0.3) is 22.1 Å². The zero-order chi connectivity index (χ0) is 20.6. The molecule has 0 aliphatic carbocycles. The van der Waals surface area contributed by atoms with E-state index in [1.807, 2.05) is 42.5 Å². The predicted molar refractivity (Wildman–Crippen MR) is 111 cm³/mol. The van der Waals surface area contributed by atoms with Gasteiger partial charge in [-0.1, -0.05) is 30.3 Å². The predicted octanol–water partition coefficient (Wildman–Crippen LogP) is 4.23. The van der Waals surface area contributed by atoms with Crippen LogP contribution in [0.1, 0.15) is 21.7 Å². The smallest absolute Gasteiger partial charge is 0.228 e. The number of fused-ring (bicyclic) bond motifs is 1. The Kier molecular flexibility index (Phi) is 4.82. The topological polar surface area (TPSA) is 84.6 Å². The molecule has 0 atom stereocenters. The molecule has 146 valence electrons. The zero-order valence-corrected chi connectivity index (χ0v) is 16.4. The molecule has 0 aliphatic rings. The summed E-state index contributed by atoms with van der Waals surface area (Å²) in [5, 5.41) is 9.97. The molecule has 0 aliphatic heterocycles. The van der Waals surface area contributed by atoms with E-state index in [-0.39, 0.29) is 23.0 Å². The number of carbonyl (C=O) groups excluding carboxylic acids is 1. The van der Waals surface area contributed by atoms with Crippen molar-refractivity contribution >= 4 is 26.6 Å². The number of hydrogen-bond acceptors (Lipinski definition) is 5. The van der Waals surface area contributed by atoms with Gasteiger partial charge in [0.15, 0.2) is 15.6 Å². The van der Waals surface area contributed by atoms with Crippen LogP contribution in [0.4, 0.5) is 0 Å². The van der Waals surface area contributed by atoms with E-state index in [0.717, 1.165) is 28.3 Å². The fraction of sp³-hybridized carbons (Fsp3) is 0.0870. The van der Waals surface area contributed by atoms with Gasteiger partial charge >= 0.3 is 0 Å². The van der Waals surface area contributed by atoms with Crippen molar-refractivity contribution in [2.24, 2.45) is 0 Å². The molecule has 0 radical (unpaired) electrons. The quantitative estimate of drug-likeness (QED) is 0.502. The summed E-state index contributed by atoms with van der Waals surface area (Å²) in [5.74, 6) is -0.116. The van der Waals surface area contributed by atoms with Crippen LogP contribution in [-0.4, -0.2) is 25.6 Å². The van der Waals surface area contributed by atoms with E-state index in [9.17, 15) is 13.2 Å². The Labute approximate surface area is 168 Å². The highest BCUT2D eigenvalue weighted by Crippen LogP contribution is 2.28. The fourth-order valence-electron chi connectivity index (χ4n) is 3.13. The van der Waals surface area contributed by atoms with Gasteiger partial charge in [0.25, 0.3) is 0 Å². The van der Waals surface area contributed by atoms with Gasteiger partial charge in [-0.05, 0) is 59.2 Å². The summed E-state index contributed by atoms with van der Waals surface area (Å²) in [4.78, 5) is 12.9. The lowest BCUT2D eigenvalue weighted by atomic mass is 10.0. The highest BCUT2D eigenvalue weighted by molar-refractivity contribution is 7.90. The van der Waals surface area contributed by atoms with Crippen molar-refractivity contribution in [1.29, 1.82) is 0 Å². The van der Waals surface area contributed by atoms with Crippen LogP contribution in [-0.2, 0) is 16.4 Å². The molecule has 1 heterocycles. The Bertz CT molecular complexity index is 1300. The summed E-state index contributed by atoms with van der Waals surface area (Å²) in [7, 11) is -3.31. The summed E-state index contributed by atoms with van der Waals surface area (Å²) in [6, 6.07) is 20.8. The number of benzene rings is 3. The van der Waals surface area contributed by atoms with Gasteiger partial charge in [0.1, 0.15) is 5.58 Å². The normalized spacial score (nSPS) is 11.7. The standard InChI is InChI=1S/C23H18O5S/c1-29(26,27)20-9-6-17(7-10-20)23(25)22-13-19-12-18(8-11-21(19)28-22)16-4-2-15(14-24)3-5-16/h2-13,24H,14H2,1H3. The molecule has 5 nitrogen and oxygen atoms in total. The lowest BCUT2D eigenvalue weighted by molar-refractivity contribution is 0.101. The van der Waals surface area contributed by atoms with E-state index in [4.69, 9.17) is 9.52 Å². The Morgan fingerprint density at radius 3 is 2.17 bits per heavy atom. The molecule has 0 spiro atoms.